The van der Waals surface area contributed by atoms with Crippen molar-refractivity contribution >= 4 is 0 Å². The molecule has 108 valence electrons. The Kier molecular flexibility index (Phi) is 7.92. The third kappa shape index (κ3) is 7.38. The van der Waals surface area contributed by atoms with Crippen LogP contribution in [0.15, 0.2) is 0 Å². The average molecular weight is 254 g/mol. The Labute approximate surface area is 115 Å². The van der Waals surface area contributed by atoms with Crippen LogP contribution in [0.5, 0.6) is 0 Å². The van der Waals surface area contributed by atoms with Gasteiger partial charge in [-0.3, -0.25) is 4.90 Å². The number of hydrogen-bond donors (Lipinski definition) is 1. The van der Waals surface area contributed by atoms with Crippen LogP contribution in [0.3, 0.4) is 0 Å². The van der Waals surface area contributed by atoms with E-state index in [-0.39, 0.29) is 0 Å². The fourth-order valence-electron chi connectivity index (χ4n) is 2.45. The minimum Gasteiger partial charge on any atom is -0.313 e. The summed E-state index contributed by atoms with van der Waals surface area (Å²) in [5.74, 6) is 1.01. The van der Waals surface area contributed by atoms with Gasteiger partial charge in [0.1, 0.15) is 0 Å². The molecule has 0 saturated heterocycles. The number of rotatable bonds is 11. The Morgan fingerprint density at radius 1 is 1.17 bits per heavy atom. The second-order valence-electron chi connectivity index (χ2n) is 6.38. The van der Waals surface area contributed by atoms with Crippen molar-refractivity contribution in [2.24, 2.45) is 5.92 Å². The lowest BCUT2D eigenvalue weighted by atomic mass is 10.1. The molecular weight excluding hydrogens is 220 g/mol. The van der Waals surface area contributed by atoms with Gasteiger partial charge in [-0.15, -0.1) is 0 Å². The number of unbranched alkanes of at least 4 members (excludes halogenated alkanes) is 2. The van der Waals surface area contributed by atoms with Gasteiger partial charge in [0.15, 0.2) is 0 Å². The van der Waals surface area contributed by atoms with Crippen LogP contribution in [0.25, 0.3) is 0 Å². The zero-order valence-corrected chi connectivity index (χ0v) is 13.0. The van der Waals surface area contributed by atoms with Crippen LogP contribution < -0.4 is 5.32 Å². The van der Waals surface area contributed by atoms with Gasteiger partial charge in [-0.2, -0.15) is 0 Å². The quantitative estimate of drug-likeness (QED) is 0.566. The Bertz CT molecular complexity index is 199. The summed E-state index contributed by atoms with van der Waals surface area (Å²) in [6.07, 6.45) is 8.34. The predicted octanol–water partition coefficient (Wildman–Crippen LogP) is 3.67. The van der Waals surface area contributed by atoms with Gasteiger partial charge in [-0.1, -0.05) is 26.2 Å². The molecule has 1 aliphatic rings. The summed E-state index contributed by atoms with van der Waals surface area (Å²) >= 11 is 0. The fourth-order valence-corrected chi connectivity index (χ4v) is 2.45. The minimum atomic E-state index is 0.687. The van der Waals surface area contributed by atoms with Crippen molar-refractivity contribution in [3.63, 3.8) is 0 Å². The Balaban J connectivity index is 2.05. The number of nitrogens with zero attached hydrogens (tertiary/aromatic N) is 1. The summed E-state index contributed by atoms with van der Waals surface area (Å²) in [7, 11) is 0. The van der Waals surface area contributed by atoms with E-state index in [0.29, 0.717) is 12.1 Å². The molecule has 0 aromatic rings. The molecule has 0 aliphatic heterocycles. The molecule has 1 aliphatic carbocycles. The summed E-state index contributed by atoms with van der Waals surface area (Å²) in [4.78, 5) is 2.64. The molecule has 0 amide bonds. The number of hydrogen-bond acceptors (Lipinski definition) is 2. The van der Waals surface area contributed by atoms with E-state index in [9.17, 15) is 0 Å². The highest BCUT2D eigenvalue weighted by Gasteiger charge is 2.25. The Morgan fingerprint density at radius 2 is 1.89 bits per heavy atom. The molecule has 1 rings (SSSR count). The smallest absolute Gasteiger partial charge is 0.0110 e. The van der Waals surface area contributed by atoms with Gasteiger partial charge < -0.3 is 5.32 Å². The van der Waals surface area contributed by atoms with Gasteiger partial charge in [-0.05, 0) is 46.0 Å². The molecule has 0 spiro atoms. The molecule has 1 N–H and O–H groups in total. The van der Waals surface area contributed by atoms with Crippen molar-refractivity contribution in [2.45, 2.75) is 78.3 Å². The minimum absolute atomic E-state index is 0.687. The lowest BCUT2D eigenvalue weighted by molar-refractivity contribution is 0.210. The largest absolute Gasteiger partial charge is 0.313 e. The molecule has 2 heteroatoms. The molecule has 2 nitrogen and oxygen atoms in total. The highest BCUT2D eigenvalue weighted by molar-refractivity contribution is 4.79. The molecule has 0 aromatic heterocycles. The van der Waals surface area contributed by atoms with Gasteiger partial charge in [0.05, 0.1) is 0 Å². The molecule has 0 aromatic carbocycles. The van der Waals surface area contributed by atoms with Crippen molar-refractivity contribution in [3.8, 4) is 0 Å². The summed E-state index contributed by atoms with van der Waals surface area (Å²) in [5, 5.41) is 3.68. The highest BCUT2D eigenvalue weighted by Crippen LogP contribution is 2.30. The number of nitrogens with one attached hydrogen (secondary N) is 1. The van der Waals surface area contributed by atoms with Crippen LogP contribution in [-0.2, 0) is 0 Å². The Morgan fingerprint density at radius 3 is 2.44 bits per heavy atom. The summed E-state index contributed by atoms with van der Waals surface area (Å²) in [5.41, 5.74) is 0. The lowest BCUT2D eigenvalue weighted by Gasteiger charge is -2.27. The van der Waals surface area contributed by atoms with E-state index >= 15 is 0 Å². The van der Waals surface area contributed by atoms with Crippen molar-refractivity contribution in [2.75, 3.05) is 19.6 Å². The third-order valence-corrected chi connectivity index (χ3v) is 4.05. The van der Waals surface area contributed by atoms with Crippen LogP contribution in [0.1, 0.15) is 66.2 Å². The van der Waals surface area contributed by atoms with Gasteiger partial charge in [0.2, 0.25) is 0 Å². The fraction of sp³-hybridized carbons (Fsp3) is 1.00. The molecule has 0 radical (unpaired) electrons. The Hall–Kier alpha value is -0.0800. The van der Waals surface area contributed by atoms with E-state index in [1.807, 2.05) is 0 Å². The van der Waals surface area contributed by atoms with Crippen LogP contribution in [-0.4, -0.2) is 36.6 Å². The molecule has 1 atom stereocenters. The SMILES string of the molecule is CCCCCC(C)NCCN(CC1CC1)C(C)C. The van der Waals surface area contributed by atoms with Crippen molar-refractivity contribution in [1.82, 2.24) is 10.2 Å². The van der Waals surface area contributed by atoms with Gasteiger partial charge in [0.25, 0.3) is 0 Å². The molecule has 1 saturated carbocycles. The first-order valence-corrected chi connectivity index (χ1v) is 8.11. The first kappa shape index (κ1) is 16.0. The first-order valence-electron chi connectivity index (χ1n) is 8.11. The maximum atomic E-state index is 3.68. The van der Waals surface area contributed by atoms with Gasteiger partial charge in [0, 0.05) is 31.7 Å². The van der Waals surface area contributed by atoms with Gasteiger partial charge in [-0.25, -0.2) is 0 Å². The van der Waals surface area contributed by atoms with E-state index in [4.69, 9.17) is 0 Å². The van der Waals surface area contributed by atoms with Crippen molar-refractivity contribution in [3.05, 3.63) is 0 Å². The van der Waals surface area contributed by atoms with Crippen molar-refractivity contribution < 1.29 is 0 Å². The zero-order valence-electron chi connectivity index (χ0n) is 13.0. The molecule has 1 unspecified atom stereocenters. The topological polar surface area (TPSA) is 15.3 Å². The maximum Gasteiger partial charge on any atom is 0.0110 e. The second-order valence-corrected chi connectivity index (χ2v) is 6.38. The van der Waals surface area contributed by atoms with Crippen LogP contribution in [0.4, 0.5) is 0 Å². The van der Waals surface area contributed by atoms with E-state index in [1.54, 1.807) is 0 Å². The van der Waals surface area contributed by atoms with Gasteiger partial charge >= 0.3 is 0 Å². The summed E-state index contributed by atoms with van der Waals surface area (Å²) in [6.45, 7) is 12.9. The van der Waals surface area contributed by atoms with Crippen molar-refractivity contribution in [1.29, 1.82) is 0 Å². The zero-order chi connectivity index (χ0) is 13.4. The van der Waals surface area contributed by atoms with Crippen LogP contribution in [0, 0.1) is 5.92 Å². The highest BCUT2D eigenvalue weighted by atomic mass is 15.2. The second kappa shape index (κ2) is 8.92. The van der Waals surface area contributed by atoms with E-state index < -0.39 is 0 Å². The maximum absolute atomic E-state index is 3.68. The van der Waals surface area contributed by atoms with E-state index in [2.05, 4.69) is 37.9 Å². The lowest BCUT2D eigenvalue weighted by Crippen LogP contribution is -2.40. The molecule has 0 heterocycles. The molecular formula is C16H34N2. The van der Waals surface area contributed by atoms with E-state index in [0.717, 1.165) is 12.5 Å². The monoisotopic (exact) mass is 254 g/mol. The molecule has 1 fully saturated rings. The first-order chi connectivity index (χ1) is 8.63. The predicted molar refractivity (Wildman–Crippen MR) is 81.0 cm³/mol. The van der Waals surface area contributed by atoms with E-state index in [1.165, 1.54) is 51.6 Å². The standard InChI is InChI=1S/C16H34N2/c1-5-6-7-8-15(4)17-11-12-18(14(2)3)13-16-9-10-16/h14-17H,5-13H2,1-4H3. The molecule has 0 bridgehead atoms. The summed E-state index contributed by atoms with van der Waals surface area (Å²) in [6, 6.07) is 1.38. The third-order valence-electron chi connectivity index (χ3n) is 4.05. The van der Waals surface area contributed by atoms with Crippen LogP contribution in [0.2, 0.25) is 0 Å². The molecule has 18 heavy (non-hydrogen) atoms. The normalized spacial score (nSPS) is 17.7. The summed E-state index contributed by atoms with van der Waals surface area (Å²) < 4.78 is 0. The average Bonchev–Trinajstić information content (AvgIpc) is 3.12. The van der Waals surface area contributed by atoms with Crippen LogP contribution >= 0.6 is 0 Å².